The topological polar surface area (TPSA) is 65.5 Å². The second-order valence-electron chi connectivity index (χ2n) is 6.88. The maximum Gasteiger partial charge on any atom is 0.251 e. The lowest BCUT2D eigenvalue weighted by atomic mass is 10.1. The van der Waals surface area contributed by atoms with Crippen LogP contribution in [0.25, 0.3) is 0 Å². The molecule has 2 aromatic carbocycles. The number of benzene rings is 2. The molecule has 0 fully saturated rings. The van der Waals surface area contributed by atoms with Crippen LogP contribution in [0.2, 0.25) is 0 Å². The number of hydrogen-bond acceptors (Lipinski definition) is 2. The molecule has 1 amide bonds. The predicted molar refractivity (Wildman–Crippen MR) is 132 cm³/mol. The van der Waals surface area contributed by atoms with Crippen molar-refractivity contribution in [3.8, 4) is 0 Å². The maximum atomic E-state index is 12.2. The molecule has 1 atom stereocenters. The van der Waals surface area contributed by atoms with E-state index in [1.165, 1.54) is 11.1 Å². The summed E-state index contributed by atoms with van der Waals surface area (Å²) < 4.78 is 0. The van der Waals surface area contributed by atoms with Crippen molar-refractivity contribution in [3.63, 3.8) is 0 Å². The highest BCUT2D eigenvalue weighted by Gasteiger charge is 2.08. The number of carbonyl (C=O) groups is 1. The summed E-state index contributed by atoms with van der Waals surface area (Å²) in [7, 11) is 1.77. The number of rotatable bonds is 8. The standard InChI is InChI=1S/C23H32N4O.HI/c1-5-17(3)27-22(28)20-13-11-18(12-14-20)15-25-23(24-4)26-16-21-10-8-7-9-19(21)6-2;/h7-14,17H,5-6,15-16H2,1-4H3,(H,27,28)(H2,24,25,26);1H. The van der Waals surface area contributed by atoms with Crippen molar-refractivity contribution in [1.29, 1.82) is 0 Å². The van der Waals surface area contributed by atoms with Gasteiger partial charge in [0.15, 0.2) is 5.96 Å². The molecule has 0 spiro atoms. The van der Waals surface area contributed by atoms with Crippen LogP contribution >= 0.6 is 24.0 Å². The van der Waals surface area contributed by atoms with E-state index in [2.05, 4.69) is 59.1 Å². The summed E-state index contributed by atoms with van der Waals surface area (Å²) in [6.45, 7) is 7.61. The van der Waals surface area contributed by atoms with Crippen molar-refractivity contribution in [2.45, 2.75) is 52.7 Å². The van der Waals surface area contributed by atoms with Gasteiger partial charge in [0.2, 0.25) is 0 Å². The van der Waals surface area contributed by atoms with E-state index in [0.717, 1.165) is 30.9 Å². The molecule has 0 heterocycles. The number of aryl methyl sites for hydroxylation is 1. The third kappa shape index (κ3) is 8.04. The second kappa shape index (κ2) is 13.2. The lowest BCUT2D eigenvalue weighted by Gasteiger charge is -2.14. The first-order valence-corrected chi connectivity index (χ1v) is 9.98. The zero-order valence-corrected chi connectivity index (χ0v) is 20.1. The number of hydrogen-bond donors (Lipinski definition) is 3. The Kier molecular flexibility index (Phi) is 11.3. The Bertz CT molecular complexity index is 790. The normalized spacial score (nSPS) is 11.9. The number of nitrogens with zero attached hydrogens (tertiary/aromatic N) is 1. The fraction of sp³-hybridized carbons (Fsp3) is 0.391. The Labute approximate surface area is 191 Å². The average Bonchev–Trinajstić information content (AvgIpc) is 2.74. The van der Waals surface area contributed by atoms with Crippen LogP contribution < -0.4 is 16.0 Å². The van der Waals surface area contributed by atoms with Crippen molar-refractivity contribution in [2.24, 2.45) is 4.99 Å². The minimum atomic E-state index is -0.0269. The van der Waals surface area contributed by atoms with Crippen LogP contribution in [0.1, 0.15) is 54.2 Å². The molecule has 0 aliphatic carbocycles. The van der Waals surface area contributed by atoms with Gasteiger partial charge in [0, 0.05) is 31.7 Å². The summed E-state index contributed by atoms with van der Waals surface area (Å²) in [6, 6.07) is 16.3. The molecule has 3 N–H and O–H groups in total. The van der Waals surface area contributed by atoms with Gasteiger partial charge in [0.25, 0.3) is 5.91 Å². The summed E-state index contributed by atoms with van der Waals surface area (Å²) in [5, 5.41) is 9.67. The lowest BCUT2D eigenvalue weighted by Crippen LogP contribution is -2.36. The summed E-state index contributed by atoms with van der Waals surface area (Å²) in [5.41, 5.74) is 4.40. The first-order chi connectivity index (χ1) is 13.6. The molecule has 0 aliphatic heterocycles. The fourth-order valence-electron chi connectivity index (χ4n) is 2.84. The van der Waals surface area contributed by atoms with Gasteiger partial charge < -0.3 is 16.0 Å². The minimum absolute atomic E-state index is 0. The van der Waals surface area contributed by atoms with E-state index >= 15 is 0 Å². The van der Waals surface area contributed by atoms with E-state index in [0.29, 0.717) is 12.1 Å². The van der Waals surface area contributed by atoms with Crippen molar-refractivity contribution < 1.29 is 4.79 Å². The zero-order valence-electron chi connectivity index (χ0n) is 17.8. The highest BCUT2D eigenvalue weighted by molar-refractivity contribution is 14.0. The van der Waals surface area contributed by atoms with E-state index in [4.69, 9.17) is 0 Å². The predicted octanol–water partition coefficient (Wildman–Crippen LogP) is 4.26. The fourth-order valence-corrected chi connectivity index (χ4v) is 2.84. The summed E-state index contributed by atoms with van der Waals surface area (Å²) in [5.74, 6) is 0.727. The molecule has 5 nitrogen and oxygen atoms in total. The molecule has 0 saturated heterocycles. The first kappa shape index (κ1) is 24.9. The number of carbonyl (C=O) groups excluding carboxylic acids is 1. The molecular weight excluding hydrogens is 475 g/mol. The lowest BCUT2D eigenvalue weighted by molar-refractivity contribution is 0.0939. The van der Waals surface area contributed by atoms with Crippen LogP contribution in [0.5, 0.6) is 0 Å². The average molecular weight is 508 g/mol. The van der Waals surface area contributed by atoms with Gasteiger partial charge >= 0.3 is 0 Å². The molecule has 29 heavy (non-hydrogen) atoms. The van der Waals surface area contributed by atoms with Crippen LogP contribution in [0.4, 0.5) is 0 Å². The second-order valence-corrected chi connectivity index (χ2v) is 6.88. The molecule has 158 valence electrons. The molecular formula is C23H33IN4O. The number of aliphatic imine (C=N–C) groups is 1. The van der Waals surface area contributed by atoms with Crippen molar-refractivity contribution >= 4 is 35.8 Å². The maximum absolute atomic E-state index is 12.2. The molecule has 2 rings (SSSR count). The Morgan fingerprint density at radius 3 is 2.17 bits per heavy atom. The third-order valence-corrected chi connectivity index (χ3v) is 4.84. The zero-order chi connectivity index (χ0) is 20.4. The van der Waals surface area contributed by atoms with Crippen LogP contribution in [-0.2, 0) is 19.5 Å². The summed E-state index contributed by atoms with van der Waals surface area (Å²) in [6.07, 6.45) is 1.93. The van der Waals surface area contributed by atoms with E-state index < -0.39 is 0 Å². The SMILES string of the molecule is CCc1ccccc1CNC(=NC)NCc1ccc(C(=O)NC(C)CC)cc1.I. The van der Waals surface area contributed by atoms with Gasteiger partial charge in [-0.2, -0.15) is 0 Å². The number of amides is 1. The molecule has 0 radical (unpaired) electrons. The molecule has 6 heteroatoms. The largest absolute Gasteiger partial charge is 0.352 e. The van der Waals surface area contributed by atoms with Gasteiger partial charge in [0.1, 0.15) is 0 Å². The third-order valence-electron chi connectivity index (χ3n) is 4.84. The van der Waals surface area contributed by atoms with Crippen LogP contribution in [-0.4, -0.2) is 25.0 Å². The van der Waals surface area contributed by atoms with Crippen LogP contribution in [0.15, 0.2) is 53.5 Å². The Morgan fingerprint density at radius 1 is 0.966 bits per heavy atom. The summed E-state index contributed by atoms with van der Waals surface area (Å²) in [4.78, 5) is 16.4. The Balaban J connectivity index is 0.00000420. The van der Waals surface area contributed by atoms with E-state index in [9.17, 15) is 4.79 Å². The van der Waals surface area contributed by atoms with Crippen LogP contribution in [0.3, 0.4) is 0 Å². The number of guanidine groups is 1. The molecule has 1 unspecified atom stereocenters. The van der Waals surface area contributed by atoms with Crippen molar-refractivity contribution in [1.82, 2.24) is 16.0 Å². The van der Waals surface area contributed by atoms with Crippen molar-refractivity contribution in [2.75, 3.05) is 7.05 Å². The molecule has 2 aromatic rings. The van der Waals surface area contributed by atoms with E-state index in [1.54, 1.807) is 7.05 Å². The quantitative estimate of drug-likeness (QED) is 0.284. The number of nitrogens with one attached hydrogen (secondary N) is 3. The van der Waals surface area contributed by atoms with Gasteiger partial charge in [-0.3, -0.25) is 9.79 Å². The van der Waals surface area contributed by atoms with E-state index in [-0.39, 0.29) is 35.9 Å². The molecule has 0 aromatic heterocycles. The van der Waals surface area contributed by atoms with Crippen molar-refractivity contribution in [3.05, 3.63) is 70.8 Å². The Hall–Kier alpha value is -2.09. The molecule has 0 bridgehead atoms. The Morgan fingerprint density at radius 2 is 1.59 bits per heavy atom. The number of halogens is 1. The smallest absolute Gasteiger partial charge is 0.251 e. The molecule has 0 aliphatic rings. The summed E-state index contributed by atoms with van der Waals surface area (Å²) >= 11 is 0. The van der Waals surface area contributed by atoms with Gasteiger partial charge in [0.05, 0.1) is 0 Å². The van der Waals surface area contributed by atoms with Gasteiger partial charge in [-0.05, 0) is 48.6 Å². The van der Waals surface area contributed by atoms with Gasteiger partial charge in [-0.25, -0.2) is 0 Å². The highest BCUT2D eigenvalue weighted by atomic mass is 127. The minimum Gasteiger partial charge on any atom is -0.352 e. The molecule has 0 saturated carbocycles. The van der Waals surface area contributed by atoms with Gasteiger partial charge in [-0.1, -0.05) is 50.2 Å². The van der Waals surface area contributed by atoms with Gasteiger partial charge in [-0.15, -0.1) is 24.0 Å². The highest BCUT2D eigenvalue weighted by Crippen LogP contribution is 2.09. The van der Waals surface area contributed by atoms with Crippen LogP contribution in [0, 0.1) is 0 Å². The monoisotopic (exact) mass is 508 g/mol. The first-order valence-electron chi connectivity index (χ1n) is 9.98. The van der Waals surface area contributed by atoms with E-state index in [1.807, 2.05) is 31.2 Å².